The Hall–Kier alpha value is -1.87. The van der Waals surface area contributed by atoms with Crippen LogP contribution in [-0.4, -0.2) is 96.1 Å². The molecule has 0 atom stereocenters. The normalized spacial score (nSPS) is 13.5. The number of unbranched alkanes of at least 4 members (excludes halogenated alkanes) is 1. The van der Waals surface area contributed by atoms with Crippen LogP contribution in [0.3, 0.4) is 0 Å². The monoisotopic (exact) mass is 503 g/mol. The second-order valence-corrected chi connectivity index (χ2v) is 9.08. The molecule has 0 radical (unpaired) electrons. The summed E-state index contributed by atoms with van der Waals surface area (Å²) in [5.41, 5.74) is 0.899. The molecule has 0 aliphatic carbocycles. The molecule has 0 spiro atoms. The van der Waals surface area contributed by atoms with Crippen LogP contribution in [0.5, 0.6) is 0 Å². The Bertz CT molecular complexity index is 760. The summed E-state index contributed by atoms with van der Waals surface area (Å²) < 4.78 is 0. The predicted octanol–water partition coefficient (Wildman–Crippen LogP) is 3.35. The first-order valence-corrected chi connectivity index (χ1v) is 11.9. The van der Waals surface area contributed by atoms with E-state index in [1.54, 1.807) is 12.1 Å². The number of rotatable bonds is 11. The Morgan fingerprint density at radius 2 is 1.52 bits per heavy atom. The third-order valence-electron chi connectivity index (χ3n) is 5.44. The molecule has 0 aromatic heterocycles. The number of hydrogen-bond donors (Lipinski definition) is 2. The van der Waals surface area contributed by atoms with Crippen LogP contribution >= 0.6 is 23.2 Å². The SMILES string of the molecule is CN(CCCCN1CCCC1)CCCN(C)C(=O)Cc1ccc(Cl)c(Cl)c1.O=C(O)C(=O)O. The van der Waals surface area contributed by atoms with Gasteiger partial charge in [0.15, 0.2) is 0 Å². The number of benzene rings is 1. The van der Waals surface area contributed by atoms with E-state index in [0.717, 1.165) is 31.6 Å². The number of carboxylic acid groups (broad SMARTS) is 2. The summed E-state index contributed by atoms with van der Waals surface area (Å²) in [6, 6.07) is 5.37. The minimum atomic E-state index is -1.82. The van der Waals surface area contributed by atoms with Gasteiger partial charge in [-0.05, 0) is 89.6 Å². The molecule has 0 unspecified atom stereocenters. The van der Waals surface area contributed by atoms with E-state index in [2.05, 4.69) is 16.8 Å². The van der Waals surface area contributed by atoms with Crippen LogP contribution < -0.4 is 0 Å². The van der Waals surface area contributed by atoms with Crippen LogP contribution in [0.15, 0.2) is 18.2 Å². The molecular weight excluding hydrogens is 469 g/mol. The Labute approximate surface area is 206 Å². The molecule has 0 bridgehead atoms. The number of halogens is 2. The molecule has 1 aromatic carbocycles. The molecule has 1 amide bonds. The molecule has 8 nitrogen and oxygen atoms in total. The zero-order chi connectivity index (χ0) is 24.8. The van der Waals surface area contributed by atoms with Crippen molar-refractivity contribution in [2.45, 2.75) is 38.5 Å². The van der Waals surface area contributed by atoms with Gasteiger partial charge < -0.3 is 24.9 Å². The molecule has 1 fully saturated rings. The van der Waals surface area contributed by atoms with E-state index in [-0.39, 0.29) is 5.91 Å². The van der Waals surface area contributed by atoms with Gasteiger partial charge in [0.2, 0.25) is 5.91 Å². The maximum atomic E-state index is 12.4. The van der Waals surface area contributed by atoms with Gasteiger partial charge in [-0.15, -0.1) is 0 Å². The Balaban J connectivity index is 0.000000801. The van der Waals surface area contributed by atoms with Gasteiger partial charge in [-0.3, -0.25) is 4.79 Å². The zero-order valence-corrected chi connectivity index (χ0v) is 20.9. The molecule has 1 saturated heterocycles. The lowest BCUT2D eigenvalue weighted by atomic mass is 10.1. The van der Waals surface area contributed by atoms with Gasteiger partial charge in [0.1, 0.15) is 0 Å². The summed E-state index contributed by atoms with van der Waals surface area (Å²) >= 11 is 11.9. The van der Waals surface area contributed by atoms with Gasteiger partial charge >= 0.3 is 11.9 Å². The summed E-state index contributed by atoms with van der Waals surface area (Å²) in [7, 11) is 4.04. The average molecular weight is 504 g/mol. The maximum absolute atomic E-state index is 12.4. The van der Waals surface area contributed by atoms with Crippen molar-refractivity contribution < 1.29 is 24.6 Å². The number of amides is 1. The van der Waals surface area contributed by atoms with Crippen LogP contribution in [0.4, 0.5) is 0 Å². The van der Waals surface area contributed by atoms with E-state index in [4.69, 9.17) is 43.0 Å². The van der Waals surface area contributed by atoms with Gasteiger partial charge in [0.05, 0.1) is 16.5 Å². The lowest BCUT2D eigenvalue weighted by molar-refractivity contribution is -0.159. The third-order valence-corrected chi connectivity index (χ3v) is 6.18. The van der Waals surface area contributed by atoms with Crippen molar-refractivity contribution in [3.63, 3.8) is 0 Å². The Morgan fingerprint density at radius 3 is 2.09 bits per heavy atom. The van der Waals surface area contributed by atoms with Crippen molar-refractivity contribution in [1.82, 2.24) is 14.7 Å². The van der Waals surface area contributed by atoms with Gasteiger partial charge in [-0.25, -0.2) is 9.59 Å². The third kappa shape index (κ3) is 12.8. The van der Waals surface area contributed by atoms with Gasteiger partial charge in [-0.1, -0.05) is 29.3 Å². The number of aliphatic carboxylic acids is 2. The standard InChI is InChI=1S/C21H33Cl2N3O.C2H2O4/c1-24(10-3-4-13-26-14-5-6-15-26)11-7-12-25(2)21(27)17-18-8-9-19(22)20(23)16-18;3-1(4)2(5)6/h8-9,16H,3-7,10-15,17H2,1-2H3;(H,3,4)(H,5,6). The largest absolute Gasteiger partial charge is 0.473 e. The number of likely N-dealkylation sites (N-methyl/N-ethyl adjacent to an activating group) is 1. The van der Waals surface area contributed by atoms with Crippen molar-refractivity contribution in [1.29, 1.82) is 0 Å². The zero-order valence-electron chi connectivity index (χ0n) is 19.4. The fourth-order valence-electron chi connectivity index (χ4n) is 3.50. The van der Waals surface area contributed by atoms with E-state index in [1.807, 2.05) is 18.0 Å². The average Bonchev–Trinajstić information content (AvgIpc) is 3.27. The molecule has 1 heterocycles. The van der Waals surface area contributed by atoms with E-state index in [9.17, 15) is 4.79 Å². The molecule has 2 rings (SSSR count). The molecule has 1 aliphatic rings. The number of nitrogens with zero attached hydrogens (tertiary/aromatic N) is 3. The maximum Gasteiger partial charge on any atom is 0.414 e. The van der Waals surface area contributed by atoms with E-state index >= 15 is 0 Å². The minimum absolute atomic E-state index is 0.113. The highest BCUT2D eigenvalue weighted by molar-refractivity contribution is 6.42. The number of likely N-dealkylation sites (tertiary alicyclic amines) is 1. The van der Waals surface area contributed by atoms with Crippen LogP contribution in [0, 0.1) is 0 Å². The minimum Gasteiger partial charge on any atom is -0.473 e. The van der Waals surface area contributed by atoms with E-state index in [1.165, 1.54) is 45.3 Å². The van der Waals surface area contributed by atoms with Crippen molar-refractivity contribution >= 4 is 41.0 Å². The fourth-order valence-corrected chi connectivity index (χ4v) is 3.82. The number of carbonyl (C=O) groups is 3. The number of hydrogen-bond acceptors (Lipinski definition) is 5. The fraction of sp³-hybridized carbons (Fsp3) is 0.609. The van der Waals surface area contributed by atoms with Crippen molar-refractivity contribution in [2.75, 3.05) is 53.4 Å². The summed E-state index contributed by atoms with van der Waals surface area (Å²) in [4.78, 5) is 37.3. The van der Waals surface area contributed by atoms with Crippen LogP contribution in [0.1, 0.15) is 37.7 Å². The molecule has 186 valence electrons. The van der Waals surface area contributed by atoms with Crippen molar-refractivity contribution in [3.8, 4) is 0 Å². The van der Waals surface area contributed by atoms with Gasteiger partial charge in [0, 0.05) is 13.6 Å². The summed E-state index contributed by atoms with van der Waals surface area (Å²) in [5, 5.41) is 15.8. The molecule has 1 aromatic rings. The quantitative estimate of drug-likeness (QED) is 0.352. The van der Waals surface area contributed by atoms with E-state index < -0.39 is 11.9 Å². The van der Waals surface area contributed by atoms with Crippen LogP contribution in [-0.2, 0) is 20.8 Å². The van der Waals surface area contributed by atoms with Gasteiger partial charge in [0.25, 0.3) is 0 Å². The van der Waals surface area contributed by atoms with Crippen molar-refractivity contribution in [2.24, 2.45) is 0 Å². The number of carbonyl (C=O) groups excluding carboxylic acids is 1. The highest BCUT2D eigenvalue weighted by Gasteiger charge is 2.12. The summed E-state index contributed by atoms with van der Waals surface area (Å²) in [6.07, 6.45) is 6.63. The molecule has 10 heteroatoms. The molecule has 0 saturated carbocycles. The smallest absolute Gasteiger partial charge is 0.414 e. The topological polar surface area (TPSA) is 101 Å². The predicted molar refractivity (Wildman–Crippen MR) is 130 cm³/mol. The first-order chi connectivity index (χ1) is 15.6. The van der Waals surface area contributed by atoms with E-state index in [0.29, 0.717) is 16.5 Å². The highest BCUT2D eigenvalue weighted by Crippen LogP contribution is 2.23. The Kier molecular flexibility index (Phi) is 14.0. The number of carboxylic acids is 2. The van der Waals surface area contributed by atoms with Crippen molar-refractivity contribution in [3.05, 3.63) is 33.8 Å². The first-order valence-electron chi connectivity index (χ1n) is 11.1. The second kappa shape index (κ2) is 15.9. The van der Waals surface area contributed by atoms with Gasteiger partial charge in [-0.2, -0.15) is 0 Å². The molecule has 33 heavy (non-hydrogen) atoms. The first kappa shape index (κ1) is 29.2. The lowest BCUT2D eigenvalue weighted by Crippen LogP contribution is -2.31. The molecular formula is C23H35Cl2N3O5. The molecule has 2 N–H and O–H groups in total. The van der Waals surface area contributed by atoms with Crippen LogP contribution in [0.2, 0.25) is 10.0 Å². The lowest BCUT2D eigenvalue weighted by Gasteiger charge is -2.21. The second-order valence-electron chi connectivity index (χ2n) is 8.26. The summed E-state index contributed by atoms with van der Waals surface area (Å²) in [6.45, 7) is 6.76. The summed E-state index contributed by atoms with van der Waals surface area (Å²) in [5.74, 6) is -3.54. The van der Waals surface area contributed by atoms with Crippen LogP contribution in [0.25, 0.3) is 0 Å². The highest BCUT2D eigenvalue weighted by atomic mass is 35.5. The molecule has 1 aliphatic heterocycles. The Morgan fingerprint density at radius 1 is 0.909 bits per heavy atom.